The van der Waals surface area contributed by atoms with Crippen LogP contribution in [-0.4, -0.2) is 23.0 Å². The predicted molar refractivity (Wildman–Crippen MR) is 65.9 cm³/mol. The van der Waals surface area contributed by atoms with Crippen LogP contribution in [0.5, 0.6) is 0 Å². The van der Waals surface area contributed by atoms with Gasteiger partial charge in [0.2, 0.25) is 0 Å². The molecule has 5 heteroatoms. The van der Waals surface area contributed by atoms with Crippen LogP contribution < -0.4 is 5.73 Å². The number of hydrogen-bond acceptors (Lipinski definition) is 2. The van der Waals surface area contributed by atoms with E-state index in [1.54, 1.807) is 0 Å². The van der Waals surface area contributed by atoms with Crippen LogP contribution in [0.2, 0.25) is 0 Å². The molecule has 0 radical (unpaired) electrons. The van der Waals surface area contributed by atoms with Gasteiger partial charge in [-0.3, -0.25) is 4.90 Å². The monoisotopic (exact) mass is 270 g/mol. The highest BCUT2D eigenvalue weighted by Gasteiger charge is 2.39. The van der Waals surface area contributed by atoms with Gasteiger partial charge in [-0.2, -0.15) is 0 Å². The zero-order valence-electron chi connectivity index (χ0n) is 10.6. The highest BCUT2D eigenvalue weighted by atomic mass is 19.2. The van der Waals surface area contributed by atoms with Crippen LogP contribution in [0.15, 0.2) is 12.1 Å². The molecule has 2 heterocycles. The molecule has 2 unspecified atom stereocenters. The molecule has 0 aromatic heterocycles. The minimum absolute atomic E-state index is 0.232. The summed E-state index contributed by atoms with van der Waals surface area (Å²) in [4.78, 5) is 2.26. The largest absolute Gasteiger partial charge is 0.328 e. The number of nitrogens with two attached hydrogens (primary N) is 1. The Kier molecular flexibility index (Phi) is 3.27. The van der Waals surface area contributed by atoms with Crippen LogP contribution in [-0.2, 0) is 6.54 Å². The summed E-state index contributed by atoms with van der Waals surface area (Å²) in [6.07, 6.45) is 4.04. The molecule has 2 fully saturated rings. The molecular formula is C14H17F3N2. The lowest BCUT2D eigenvalue weighted by Crippen LogP contribution is -2.46. The maximum absolute atomic E-state index is 13.2. The fourth-order valence-corrected chi connectivity index (χ4v) is 3.48. The first-order chi connectivity index (χ1) is 9.04. The van der Waals surface area contributed by atoms with Crippen LogP contribution in [0.3, 0.4) is 0 Å². The fraction of sp³-hybridized carbons (Fsp3) is 0.571. The summed E-state index contributed by atoms with van der Waals surface area (Å²) in [5.41, 5.74) is 6.47. The summed E-state index contributed by atoms with van der Waals surface area (Å²) in [7, 11) is 0. The van der Waals surface area contributed by atoms with E-state index < -0.39 is 17.5 Å². The van der Waals surface area contributed by atoms with Gasteiger partial charge in [-0.05, 0) is 43.4 Å². The van der Waals surface area contributed by atoms with Crippen molar-refractivity contribution in [2.75, 3.05) is 0 Å². The number of rotatable bonds is 2. The second kappa shape index (κ2) is 4.80. The average Bonchev–Trinajstić information content (AvgIpc) is 2.59. The Morgan fingerprint density at radius 2 is 1.58 bits per heavy atom. The number of benzene rings is 1. The molecule has 2 aliphatic rings. The Hall–Kier alpha value is -1.07. The quantitative estimate of drug-likeness (QED) is 0.837. The third kappa shape index (κ3) is 2.37. The summed E-state index contributed by atoms with van der Waals surface area (Å²) in [6, 6.07) is 3.20. The Morgan fingerprint density at radius 1 is 1.05 bits per heavy atom. The number of halogens is 3. The van der Waals surface area contributed by atoms with Crippen molar-refractivity contribution in [3.8, 4) is 0 Å². The van der Waals surface area contributed by atoms with Gasteiger partial charge in [0, 0.05) is 24.7 Å². The first-order valence-corrected chi connectivity index (χ1v) is 6.69. The van der Waals surface area contributed by atoms with Crippen molar-refractivity contribution in [3.05, 3.63) is 35.1 Å². The van der Waals surface area contributed by atoms with E-state index in [1.165, 1.54) is 0 Å². The third-order valence-corrected chi connectivity index (χ3v) is 4.33. The topological polar surface area (TPSA) is 29.3 Å². The van der Waals surface area contributed by atoms with E-state index in [0.29, 0.717) is 24.2 Å². The van der Waals surface area contributed by atoms with Crippen LogP contribution in [0, 0.1) is 17.5 Å². The molecule has 1 aromatic rings. The molecule has 2 nitrogen and oxygen atoms in total. The predicted octanol–water partition coefficient (Wildman–Crippen LogP) is 2.56. The van der Waals surface area contributed by atoms with E-state index in [0.717, 1.165) is 37.8 Å². The highest BCUT2D eigenvalue weighted by molar-refractivity contribution is 5.20. The van der Waals surface area contributed by atoms with Crippen molar-refractivity contribution >= 4 is 0 Å². The zero-order chi connectivity index (χ0) is 13.6. The lowest BCUT2D eigenvalue weighted by molar-refractivity contribution is 0.119. The van der Waals surface area contributed by atoms with Gasteiger partial charge in [0.25, 0.3) is 0 Å². The standard InChI is InChI=1S/C14H17F3N2/c15-12-3-8(4-13(16)14(12)17)7-19-10-1-2-11(19)6-9(18)5-10/h3-4,9-11H,1-2,5-7,18H2. The first kappa shape index (κ1) is 12.9. The molecule has 2 saturated heterocycles. The van der Waals surface area contributed by atoms with Crippen molar-refractivity contribution in [3.63, 3.8) is 0 Å². The lowest BCUT2D eigenvalue weighted by atomic mass is 9.97. The first-order valence-electron chi connectivity index (χ1n) is 6.69. The van der Waals surface area contributed by atoms with Gasteiger partial charge in [-0.25, -0.2) is 13.2 Å². The molecule has 0 saturated carbocycles. The van der Waals surface area contributed by atoms with Crippen molar-refractivity contribution in [2.45, 2.75) is 50.4 Å². The second-order valence-corrected chi connectivity index (χ2v) is 5.66. The van der Waals surface area contributed by atoms with E-state index in [2.05, 4.69) is 4.90 Å². The number of nitrogens with zero attached hydrogens (tertiary/aromatic N) is 1. The Labute approximate surface area is 110 Å². The SMILES string of the molecule is NC1CC2CCC(C1)N2Cc1cc(F)c(F)c(F)c1. The van der Waals surface area contributed by atoms with Gasteiger partial charge in [0.1, 0.15) is 0 Å². The van der Waals surface area contributed by atoms with E-state index in [9.17, 15) is 13.2 Å². The smallest absolute Gasteiger partial charge is 0.194 e. The Balaban J connectivity index is 1.79. The normalized spacial score (nSPS) is 30.8. The van der Waals surface area contributed by atoms with E-state index in [1.807, 2.05) is 0 Å². The van der Waals surface area contributed by atoms with Crippen LogP contribution in [0.1, 0.15) is 31.2 Å². The van der Waals surface area contributed by atoms with E-state index in [-0.39, 0.29) is 6.04 Å². The summed E-state index contributed by atoms with van der Waals surface area (Å²) in [5, 5.41) is 0. The molecule has 2 atom stereocenters. The average molecular weight is 270 g/mol. The molecule has 3 rings (SSSR count). The molecule has 19 heavy (non-hydrogen) atoms. The number of fused-ring (bicyclic) bond motifs is 2. The maximum Gasteiger partial charge on any atom is 0.194 e. The van der Waals surface area contributed by atoms with Gasteiger partial charge in [-0.1, -0.05) is 0 Å². The molecule has 2 bridgehead atoms. The summed E-state index contributed by atoms with van der Waals surface area (Å²) >= 11 is 0. The molecule has 0 aliphatic carbocycles. The lowest BCUT2D eigenvalue weighted by Gasteiger charge is -2.37. The molecule has 2 aliphatic heterocycles. The second-order valence-electron chi connectivity index (χ2n) is 5.66. The van der Waals surface area contributed by atoms with Crippen LogP contribution >= 0.6 is 0 Å². The molecule has 104 valence electrons. The zero-order valence-corrected chi connectivity index (χ0v) is 10.6. The Bertz CT molecular complexity index is 455. The minimum atomic E-state index is -1.40. The third-order valence-electron chi connectivity index (χ3n) is 4.33. The molecule has 0 amide bonds. The summed E-state index contributed by atoms with van der Waals surface area (Å²) < 4.78 is 39.4. The van der Waals surface area contributed by atoms with Gasteiger partial charge in [-0.15, -0.1) is 0 Å². The van der Waals surface area contributed by atoms with E-state index >= 15 is 0 Å². The van der Waals surface area contributed by atoms with Gasteiger partial charge in [0.15, 0.2) is 17.5 Å². The Morgan fingerprint density at radius 3 is 2.11 bits per heavy atom. The number of piperidine rings is 1. The highest BCUT2D eigenvalue weighted by Crippen LogP contribution is 2.36. The molecule has 2 N–H and O–H groups in total. The van der Waals surface area contributed by atoms with Gasteiger partial charge in [0.05, 0.1) is 0 Å². The fourth-order valence-electron chi connectivity index (χ4n) is 3.48. The van der Waals surface area contributed by atoms with Crippen molar-refractivity contribution in [1.29, 1.82) is 0 Å². The van der Waals surface area contributed by atoms with Crippen LogP contribution in [0.25, 0.3) is 0 Å². The number of hydrogen-bond donors (Lipinski definition) is 1. The van der Waals surface area contributed by atoms with Crippen molar-refractivity contribution in [2.24, 2.45) is 5.73 Å². The minimum Gasteiger partial charge on any atom is -0.328 e. The van der Waals surface area contributed by atoms with Crippen LogP contribution in [0.4, 0.5) is 13.2 Å². The van der Waals surface area contributed by atoms with Crippen molar-refractivity contribution in [1.82, 2.24) is 4.90 Å². The summed E-state index contributed by atoms with van der Waals surface area (Å²) in [6.45, 7) is 0.468. The van der Waals surface area contributed by atoms with E-state index in [4.69, 9.17) is 5.73 Å². The molecule has 0 spiro atoms. The van der Waals surface area contributed by atoms with Gasteiger partial charge >= 0.3 is 0 Å². The van der Waals surface area contributed by atoms with Crippen molar-refractivity contribution < 1.29 is 13.2 Å². The molecule has 1 aromatic carbocycles. The maximum atomic E-state index is 13.2. The van der Waals surface area contributed by atoms with Gasteiger partial charge < -0.3 is 5.73 Å². The molecular weight excluding hydrogens is 253 g/mol. The summed E-state index contributed by atoms with van der Waals surface area (Å²) in [5.74, 6) is -3.63.